The summed E-state index contributed by atoms with van der Waals surface area (Å²) in [6.07, 6.45) is 22.1. The highest BCUT2D eigenvalue weighted by atomic mass is 31.2. The van der Waals surface area contributed by atoms with Crippen molar-refractivity contribution in [3.63, 3.8) is 0 Å². The van der Waals surface area contributed by atoms with Gasteiger partial charge in [-0.1, -0.05) is 74.6 Å². The molecule has 0 aromatic rings. The van der Waals surface area contributed by atoms with Crippen molar-refractivity contribution in [3.8, 4) is 0 Å². The Labute approximate surface area is 225 Å². The van der Waals surface area contributed by atoms with Gasteiger partial charge in [-0.15, -0.1) is 0 Å². The van der Waals surface area contributed by atoms with Crippen LogP contribution in [0.5, 0.6) is 0 Å². The van der Waals surface area contributed by atoms with Crippen molar-refractivity contribution >= 4 is 19.8 Å². The molecule has 0 fully saturated rings. The van der Waals surface area contributed by atoms with Gasteiger partial charge in [0.15, 0.2) is 6.10 Å². The van der Waals surface area contributed by atoms with E-state index in [4.69, 9.17) is 19.1 Å². The summed E-state index contributed by atoms with van der Waals surface area (Å²) in [6, 6.07) is 0. The van der Waals surface area contributed by atoms with E-state index in [-0.39, 0.29) is 19.4 Å². The number of aliphatic hydroxyl groups excluding tert-OH is 2. The van der Waals surface area contributed by atoms with Gasteiger partial charge in [-0.2, -0.15) is 0 Å². The summed E-state index contributed by atoms with van der Waals surface area (Å²) in [5, 5.41) is 17.9. The van der Waals surface area contributed by atoms with Crippen molar-refractivity contribution in [1.82, 2.24) is 0 Å². The summed E-state index contributed by atoms with van der Waals surface area (Å²) >= 11 is 0. The van der Waals surface area contributed by atoms with E-state index in [1.807, 2.05) is 12.2 Å². The maximum absolute atomic E-state index is 12.2. The highest BCUT2D eigenvalue weighted by Gasteiger charge is 2.26. The van der Waals surface area contributed by atoms with Crippen molar-refractivity contribution in [1.29, 1.82) is 0 Å². The number of phosphoric ester groups is 1. The van der Waals surface area contributed by atoms with Crippen LogP contribution in [0.15, 0.2) is 60.8 Å². The maximum Gasteiger partial charge on any atom is 0.472 e. The number of allylic oxidation sites excluding steroid dienone is 9. The molecule has 38 heavy (non-hydrogen) atoms. The van der Waals surface area contributed by atoms with Crippen LogP contribution in [-0.4, -0.2) is 65.7 Å². The van der Waals surface area contributed by atoms with E-state index < -0.39 is 51.8 Å². The Kier molecular flexibility index (Phi) is 22.3. The summed E-state index contributed by atoms with van der Waals surface area (Å²) in [5.41, 5.74) is 0. The zero-order chi connectivity index (χ0) is 28.5. The van der Waals surface area contributed by atoms with Crippen LogP contribution in [0.25, 0.3) is 0 Å². The van der Waals surface area contributed by atoms with Gasteiger partial charge in [0.2, 0.25) is 0 Å². The number of rotatable bonds is 22. The molecule has 0 aliphatic heterocycles. The Morgan fingerprint density at radius 2 is 1.26 bits per heavy atom. The lowest BCUT2D eigenvalue weighted by Crippen LogP contribution is -2.29. The molecule has 3 unspecified atom stereocenters. The molecule has 0 saturated heterocycles. The molecular weight excluding hydrogens is 515 g/mol. The van der Waals surface area contributed by atoms with Gasteiger partial charge in [0.1, 0.15) is 12.7 Å². The number of aliphatic hydroxyl groups is 2. The largest absolute Gasteiger partial charge is 0.472 e. The monoisotopic (exact) mass is 558 g/mol. The van der Waals surface area contributed by atoms with Crippen LogP contribution in [-0.2, 0) is 32.7 Å². The fourth-order valence-electron chi connectivity index (χ4n) is 2.52. The van der Waals surface area contributed by atoms with Crippen LogP contribution in [0, 0.1) is 0 Å². The van der Waals surface area contributed by atoms with Crippen LogP contribution < -0.4 is 0 Å². The molecule has 0 radical (unpaired) electrons. The molecule has 0 rings (SSSR count). The van der Waals surface area contributed by atoms with E-state index >= 15 is 0 Å². The minimum atomic E-state index is -4.60. The molecule has 0 heterocycles. The second-order valence-corrected chi connectivity index (χ2v) is 9.41. The highest BCUT2D eigenvalue weighted by molar-refractivity contribution is 7.47. The van der Waals surface area contributed by atoms with E-state index in [9.17, 15) is 24.2 Å². The quantitative estimate of drug-likeness (QED) is 0.0986. The Balaban J connectivity index is 4.42. The predicted molar refractivity (Wildman–Crippen MR) is 145 cm³/mol. The normalized spacial score (nSPS) is 15.6. The van der Waals surface area contributed by atoms with E-state index in [1.165, 1.54) is 0 Å². The smallest absolute Gasteiger partial charge is 0.462 e. The second kappa shape index (κ2) is 23.8. The van der Waals surface area contributed by atoms with Crippen molar-refractivity contribution < 1.29 is 47.8 Å². The van der Waals surface area contributed by atoms with Crippen molar-refractivity contribution in [3.05, 3.63) is 60.8 Å². The minimum Gasteiger partial charge on any atom is -0.462 e. The molecule has 3 N–H and O–H groups in total. The minimum absolute atomic E-state index is 0.0538. The van der Waals surface area contributed by atoms with Crippen LogP contribution in [0.4, 0.5) is 0 Å². The van der Waals surface area contributed by atoms with E-state index in [0.29, 0.717) is 6.42 Å². The molecule has 0 amide bonds. The van der Waals surface area contributed by atoms with Gasteiger partial charge in [0.25, 0.3) is 0 Å². The molecule has 0 saturated carbocycles. The van der Waals surface area contributed by atoms with Gasteiger partial charge in [0, 0.05) is 6.42 Å². The first kappa shape index (κ1) is 35.7. The third-order valence-electron chi connectivity index (χ3n) is 4.52. The molecule has 3 atom stereocenters. The van der Waals surface area contributed by atoms with Crippen LogP contribution >= 0.6 is 7.82 Å². The number of esters is 2. The van der Waals surface area contributed by atoms with Gasteiger partial charge in [-0.05, 0) is 32.1 Å². The summed E-state index contributed by atoms with van der Waals surface area (Å²) in [5.74, 6) is -1.18. The lowest BCUT2D eigenvalue weighted by atomic mass is 10.2. The fourth-order valence-corrected chi connectivity index (χ4v) is 3.31. The van der Waals surface area contributed by atoms with Gasteiger partial charge >= 0.3 is 19.8 Å². The summed E-state index contributed by atoms with van der Waals surface area (Å²) in [4.78, 5) is 33.2. The second-order valence-electron chi connectivity index (χ2n) is 7.96. The van der Waals surface area contributed by atoms with Gasteiger partial charge < -0.3 is 24.6 Å². The Morgan fingerprint density at radius 3 is 1.76 bits per heavy atom. The molecule has 0 aromatic heterocycles. The van der Waals surface area contributed by atoms with Gasteiger partial charge in [-0.25, -0.2) is 4.57 Å². The predicted octanol–water partition coefficient (Wildman–Crippen LogP) is 4.48. The summed E-state index contributed by atoms with van der Waals surface area (Å²) < 4.78 is 31.4. The molecule has 0 aliphatic rings. The molecule has 216 valence electrons. The molecule has 0 aliphatic carbocycles. The number of ether oxygens (including phenoxy) is 2. The first-order chi connectivity index (χ1) is 18.2. The molecular formula is C27H43O10P. The van der Waals surface area contributed by atoms with Gasteiger partial charge in [-0.3, -0.25) is 18.6 Å². The van der Waals surface area contributed by atoms with Crippen molar-refractivity contribution in [2.24, 2.45) is 0 Å². The third-order valence-corrected chi connectivity index (χ3v) is 5.47. The highest BCUT2D eigenvalue weighted by Crippen LogP contribution is 2.43. The SMILES string of the molecule is CC/C=C\C/C=C\C/C=C\C/C=C\C/C=C\CC(=O)OC(COC(=O)CC)COP(=O)(O)OCC(O)CO. The van der Waals surface area contributed by atoms with Crippen LogP contribution in [0.1, 0.15) is 58.8 Å². The number of hydrogen-bond acceptors (Lipinski definition) is 9. The lowest BCUT2D eigenvalue weighted by Gasteiger charge is -2.20. The molecule has 11 heteroatoms. The molecule has 0 bridgehead atoms. The number of phosphoric acid groups is 1. The van der Waals surface area contributed by atoms with E-state index in [0.717, 1.165) is 25.7 Å². The average Bonchev–Trinajstić information content (AvgIpc) is 2.90. The van der Waals surface area contributed by atoms with E-state index in [1.54, 1.807) is 19.1 Å². The number of hydrogen-bond donors (Lipinski definition) is 3. The molecule has 0 spiro atoms. The van der Waals surface area contributed by atoms with Crippen LogP contribution in [0.3, 0.4) is 0 Å². The van der Waals surface area contributed by atoms with E-state index in [2.05, 4.69) is 47.9 Å². The number of carbonyl (C=O) groups excluding carboxylic acids is 2. The van der Waals surface area contributed by atoms with Crippen LogP contribution in [0.2, 0.25) is 0 Å². The zero-order valence-corrected chi connectivity index (χ0v) is 23.2. The molecule has 0 aromatic carbocycles. The number of carbonyl (C=O) groups is 2. The first-order valence-electron chi connectivity index (χ1n) is 12.7. The fraction of sp³-hybridized carbons (Fsp3) is 0.556. The van der Waals surface area contributed by atoms with Gasteiger partial charge in [0.05, 0.1) is 26.2 Å². The Hall–Kier alpha value is -2.33. The third kappa shape index (κ3) is 22.8. The summed E-state index contributed by atoms with van der Waals surface area (Å²) in [6.45, 7) is 1.44. The van der Waals surface area contributed by atoms with Crippen molar-refractivity contribution in [2.75, 3.05) is 26.4 Å². The molecule has 10 nitrogen and oxygen atoms in total. The topological polar surface area (TPSA) is 149 Å². The Bertz CT molecular complexity index is 832. The Morgan fingerprint density at radius 1 is 0.763 bits per heavy atom. The van der Waals surface area contributed by atoms with Crippen molar-refractivity contribution in [2.45, 2.75) is 71.0 Å². The zero-order valence-electron chi connectivity index (χ0n) is 22.4. The summed E-state index contributed by atoms with van der Waals surface area (Å²) in [7, 11) is -4.60. The standard InChI is InChI=1S/C27H43O10P/c1-3-5-6-7-8-9-10-11-12-13-14-15-16-17-18-19-27(31)37-25(22-34-26(30)4-2)23-36-38(32,33)35-21-24(29)20-28/h5-6,8-9,11-12,14-15,17-18,24-25,28-29H,3-4,7,10,13,16,19-23H2,1-2H3,(H,32,33)/b6-5-,9-8-,12-11-,15-14-,18-17-. The average molecular weight is 559 g/mol. The maximum atomic E-state index is 12.2. The first-order valence-corrected chi connectivity index (χ1v) is 14.2. The lowest BCUT2D eigenvalue weighted by molar-refractivity contribution is -0.160.